The van der Waals surface area contributed by atoms with Gasteiger partial charge in [0, 0.05) is 6.42 Å². The van der Waals surface area contributed by atoms with Gasteiger partial charge in [-0.1, -0.05) is 13.0 Å². The molecule has 6 nitrogen and oxygen atoms in total. The van der Waals surface area contributed by atoms with Crippen LogP contribution in [0.1, 0.15) is 29.3 Å². The van der Waals surface area contributed by atoms with Crippen LogP contribution in [0.15, 0.2) is 41.3 Å². The number of carbonyl (C=O) groups is 1. The van der Waals surface area contributed by atoms with Gasteiger partial charge >= 0.3 is 6.36 Å². The largest absolute Gasteiger partial charge is 0.573 e. The van der Waals surface area contributed by atoms with Gasteiger partial charge in [-0.3, -0.25) is 4.79 Å². The van der Waals surface area contributed by atoms with Gasteiger partial charge in [-0.05, 0) is 42.3 Å². The van der Waals surface area contributed by atoms with Crippen molar-refractivity contribution < 1.29 is 40.6 Å². The maximum Gasteiger partial charge on any atom is 0.573 e. The van der Waals surface area contributed by atoms with Gasteiger partial charge in [-0.15, -0.1) is 13.2 Å². The maximum absolute atomic E-state index is 12.7. The fourth-order valence-electron chi connectivity index (χ4n) is 2.79. The molecule has 0 amide bonds. The van der Waals surface area contributed by atoms with Gasteiger partial charge in [0.05, 0.1) is 16.2 Å². The summed E-state index contributed by atoms with van der Waals surface area (Å²) in [5.74, 6) is -0.591. The molecular formula is C19H17F3O6S. The van der Waals surface area contributed by atoms with Crippen molar-refractivity contribution in [1.82, 2.24) is 0 Å². The molecule has 156 valence electrons. The highest BCUT2D eigenvalue weighted by Crippen LogP contribution is 2.33. The van der Waals surface area contributed by atoms with Gasteiger partial charge in [0.1, 0.15) is 5.75 Å². The minimum absolute atomic E-state index is 0.0949. The molecule has 0 bridgehead atoms. The molecule has 10 heteroatoms. The molecule has 0 spiro atoms. The molecule has 0 saturated carbocycles. The van der Waals surface area contributed by atoms with Crippen molar-refractivity contribution in [3.05, 3.63) is 47.5 Å². The SMILES string of the molecule is CCC(=O)c1cc(S(=O)(=O)CCc2ccc3c(c2)OCO3)ccc1OC(F)(F)F. The van der Waals surface area contributed by atoms with Crippen LogP contribution >= 0.6 is 0 Å². The van der Waals surface area contributed by atoms with Crippen molar-refractivity contribution in [1.29, 1.82) is 0 Å². The second kappa shape index (κ2) is 7.94. The average Bonchev–Trinajstić information content (AvgIpc) is 3.12. The lowest BCUT2D eigenvalue weighted by Gasteiger charge is -2.14. The molecule has 2 aromatic carbocycles. The number of alkyl halides is 3. The normalized spacial score (nSPS) is 13.4. The van der Waals surface area contributed by atoms with E-state index in [4.69, 9.17) is 9.47 Å². The summed E-state index contributed by atoms with van der Waals surface area (Å²) in [6, 6.07) is 7.83. The smallest absolute Gasteiger partial charge is 0.454 e. The zero-order valence-electron chi connectivity index (χ0n) is 15.3. The molecule has 0 radical (unpaired) electrons. The number of ether oxygens (including phenoxy) is 3. The number of halogens is 3. The summed E-state index contributed by atoms with van der Waals surface area (Å²) in [6.45, 7) is 1.55. The number of sulfone groups is 1. The Labute approximate surface area is 165 Å². The number of carbonyl (C=O) groups excluding carboxylic acids is 1. The molecular weight excluding hydrogens is 413 g/mol. The zero-order chi connectivity index (χ0) is 21.2. The monoisotopic (exact) mass is 430 g/mol. The van der Waals surface area contributed by atoms with Crippen LogP contribution in [0.5, 0.6) is 17.2 Å². The predicted octanol–water partition coefficient (Wildman–Crippen LogP) is 3.92. The van der Waals surface area contributed by atoms with Crippen LogP contribution in [0.25, 0.3) is 0 Å². The number of hydrogen-bond acceptors (Lipinski definition) is 6. The summed E-state index contributed by atoms with van der Waals surface area (Å²) in [4.78, 5) is 11.8. The van der Waals surface area contributed by atoms with Gasteiger partial charge in [0.2, 0.25) is 6.79 Å². The Morgan fingerprint density at radius 1 is 1.10 bits per heavy atom. The number of aryl methyl sites for hydroxylation is 1. The summed E-state index contributed by atoms with van der Waals surface area (Å²) >= 11 is 0. The summed E-state index contributed by atoms with van der Waals surface area (Å²) in [7, 11) is -3.86. The van der Waals surface area contributed by atoms with Crippen LogP contribution in [0, 0.1) is 0 Å². The van der Waals surface area contributed by atoms with E-state index in [0.29, 0.717) is 17.1 Å². The first-order valence-electron chi connectivity index (χ1n) is 8.63. The quantitative estimate of drug-likeness (QED) is 0.620. The molecule has 3 rings (SSSR count). The topological polar surface area (TPSA) is 78.9 Å². The van der Waals surface area contributed by atoms with E-state index in [1.807, 2.05) is 0 Å². The van der Waals surface area contributed by atoms with Crippen LogP contribution in [0.4, 0.5) is 13.2 Å². The lowest BCUT2D eigenvalue weighted by molar-refractivity contribution is -0.274. The van der Waals surface area contributed by atoms with Crippen molar-refractivity contribution >= 4 is 15.6 Å². The lowest BCUT2D eigenvalue weighted by atomic mass is 10.1. The first-order valence-corrected chi connectivity index (χ1v) is 10.3. The fourth-order valence-corrected chi connectivity index (χ4v) is 4.10. The van der Waals surface area contributed by atoms with E-state index in [0.717, 1.165) is 18.2 Å². The number of fused-ring (bicyclic) bond motifs is 1. The molecule has 0 saturated heterocycles. The molecule has 1 heterocycles. The second-order valence-corrected chi connectivity index (χ2v) is 8.35. The third-order valence-corrected chi connectivity index (χ3v) is 5.97. The van der Waals surface area contributed by atoms with E-state index in [1.165, 1.54) is 6.92 Å². The molecule has 0 aliphatic carbocycles. The molecule has 29 heavy (non-hydrogen) atoms. The fraction of sp³-hybridized carbons (Fsp3) is 0.316. The van der Waals surface area contributed by atoms with E-state index in [-0.39, 0.29) is 30.3 Å². The van der Waals surface area contributed by atoms with Crippen LogP contribution < -0.4 is 14.2 Å². The number of rotatable bonds is 7. The van der Waals surface area contributed by atoms with Crippen molar-refractivity contribution in [3.8, 4) is 17.2 Å². The van der Waals surface area contributed by atoms with E-state index >= 15 is 0 Å². The molecule has 0 N–H and O–H groups in total. The van der Waals surface area contributed by atoms with Crippen LogP contribution in [-0.4, -0.2) is 33.1 Å². The van der Waals surface area contributed by atoms with Crippen molar-refractivity contribution in [2.75, 3.05) is 12.5 Å². The lowest BCUT2D eigenvalue weighted by Crippen LogP contribution is -2.19. The Bertz CT molecular complexity index is 1030. The number of Topliss-reactive ketones (excluding diaryl/α,β-unsaturated/α-hetero) is 1. The van der Waals surface area contributed by atoms with E-state index < -0.39 is 33.3 Å². The highest BCUT2D eigenvalue weighted by atomic mass is 32.2. The number of benzene rings is 2. The molecule has 0 fully saturated rings. The Kier molecular flexibility index (Phi) is 5.74. The first kappa shape index (κ1) is 21.0. The Balaban J connectivity index is 1.83. The van der Waals surface area contributed by atoms with E-state index in [9.17, 15) is 26.4 Å². The maximum atomic E-state index is 12.7. The first-order chi connectivity index (χ1) is 13.6. The summed E-state index contributed by atoms with van der Waals surface area (Å²) in [5, 5.41) is 0. The van der Waals surface area contributed by atoms with Gasteiger partial charge in [0.15, 0.2) is 27.1 Å². The molecule has 0 unspecified atom stereocenters. The van der Waals surface area contributed by atoms with Crippen molar-refractivity contribution in [3.63, 3.8) is 0 Å². The Morgan fingerprint density at radius 2 is 1.83 bits per heavy atom. The Morgan fingerprint density at radius 3 is 2.52 bits per heavy atom. The van der Waals surface area contributed by atoms with Crippen LogP contribution in [0.3, 0.4) is 0 Å². The average molecular weight is 430 g/mol. The summed E-state index contributed by atoms with van der Waals surface area (Å²) in [6.07, 6.45) is -4.95. The van der Waals surface area contributed by atoms with Crippen LogP contribution in [0.2, 0.25) is 0 Å². The third-order valence-electron chi connectivity index (χ3n) is 4.25. The highest BCUT2D eigenvalue weighted by Gasteiger charge is 2.33. The molecule has 1 aliphatic rings. The highest BCUT2D eigenvalue weighted by molar-refractivity contribution is 7.91. The minimum atomic E-state index is -5.00. The molecule has 0 aromatic heterocycles. The zero-order valence-corrected chi connectivity index (χ0v) is 16.1. The van der Waals surface area contributed by atoms with Crippen LogP contribution in [-0.2, 0) is 16.3 Å². The van der Waals surface area contributed by atoms with Gasteiger partial charge in [-0.2, -0.15) is 0 Å². The molecule has 0 atom stereocenters. The summed E-state index contributed by atoms with van der Waals surface area (Å²) in [5.41, 5.74) is 0.272. The number of hydrogen-bond donors (Lipinski definition) is 0. The molecule has 2 aromatic rings. The van der Waals surface area contributed by atoms with E-state index in [2.05, 4.69) is 4.74 Å². The second-order valence-electron chi connectivity index (χ2n) is 6.24. The van der Waals surface area contributed by atoms with Crippen molar-refractivity contribution in [2.45, 2.75) is 31.0 Å². The summed E-state index contributed by atoms with van der Waals surface area (Å²) < 4.78 is 77.3. The van der Waals surface area contributed by atoms with Gasteiger partial charge < -0.3 is 14.2 Å². The van der Waals surface area contributed by atoms with Gasteiger partial charge in [0.25, 0.3) is 0 Å². The molecule has 1 aliphatic heterocycles. The number of ketones is 1. The third kappa shape index (κ3) is 5.00. The minimum Gasteiger partial charge on any atom is -0.454 e. The van der Waals surface area contributed by atoms with Gasteiger partial charge in [-0.25, -0.2) is 8.42 Å². The van der Waals surface area contributed by atoms with E-state index in [1.54, 1.807) is 18.2 Å². The Hall–Kier alpha value is -2.75. The predicted molar refractivity (Wildman–Crippen MR) is 96.1 cm³/mol. The van der Waals surface area contributed by atoms with Crippen molar-refractivity contribution in [2.24, 2.45) is 0 Å². The standard InChI is InChI=1S/C19H17F3O6S/c1-2-15(23)14-10-13(4-6-16(14)28-19(20,21)22)29(24,25)8-7-12-3-5-17-18(9-12)27-11-26-17/h3-6,9-10H,2,7-8,11H2,1H3.